The molecule has 21 heavy (non-hydrogen) atoms. The van der Waals surface area contributed by atoms with Crippen molar-refractivity contribution in [3.63, 3.8) is 0 Å². The average Bonchev–Trinajstić information content (AvgIpc) is 2.45. The summed E-state index contributed by atoms with van der Waals surface area (Å²) in [5, 5.41) is 14.0. The Labute approximate surface area is 131 Å². The Morgan fingerprint density at radius 1 is 1.43 bits per heavy atom. The summed E-state index contributed by atoms with van der Waals surface area (Å²) >= 11 is 1.57. The van der Waals surface area contributed by atoms with Gasteiger partial charge in [-0.3, -0.25) is 4.79 Å². The molecule has 0 saturated heterocycles. The summed E-state index contributed by atoms with van der Waals surface area (Å²) in [6.45, 7) is 8.40. The first-order valence-corrected chi connectivity index (χ1v) is 8.30. The predicted molar refractivity (Wildman–Crippen MR) is 87.2 cm³/mol. The number of aliphatic hydroxyl groups excluding tert-OH is 1. The summed E-state index contributed by atoms with van der Waals surface area (Å²) in [5.74, 6) is 0.898. The zero-order valence-corrected chi connectivity index (χ0v) is 14.1. The zero-order chi connectivity index (χ0) is 15.9. The number of amides is 1. The lowest BCUT2D eigenvalue weighted by atomic mass is 9.80. The molecule has 0 aliphatic heterocycles. The Kier molecular flexibility index (Phi) is 7.18. The third-order valence-electron chi connectivity index (χ3n) is 3.39. The number of hydrogen-bond acceptors (Lipinski definition) is 4. The third-order valence-corrected chi connectivity index (χ3v) is 4.34. The number of rotatable bonds is 8. The van der Waals surface area contributed by atoms with Gasteiger partial charge in [0.15, 0.2) is 0 Å². The summed E-state index contributed by atoms with van der Waals surface area (Å²) in [7, 11) is 0. The maximum absolute atomic E-state index is 11.8. The molecule has 0 aromatic carbocycles. The van der Waals surface area contributed by atoms with Gasteiger partial charge in [0.05, 0.1) is 11.1 Å². The van der Waals surface area contributed by atoms with E-state index in [2.05, 4.69) is 10.3 Å². The highest BCUT2D eigenvalue weighted by Crippen LogP contribution is 2.25. The lowest BCUT2D eigenvalue weighted by molar-refractivity contribution is -0.121. The molecule has 0 aliphatic rings. The summed E-state index contributed by atoms with van der Waals surface area (Å²) in [5.41, 5.74) is -0.321. The molecular weight excluding hydrogens is 284 g/mol. The third kappa shape index (κ3) is 6.48. The van der Waals surface area contributed by atoms with Crippen molar-refractivity contribution in [3.05, 3.63) is 24.4 Å². The minimum absolute atomic E-state index is 0.0162. The molecule has 0 fully saturated rings. The first-order valence-electron chi connectivity index (χ1n) is 7.31. The van der Waals surface area contributed by atoms with Crippen LogP contribution in [0.4, 0.5) is 0 Å². The van der Waals surface area contributed by atoms with E-state index in [0.717, 1.165) is 5.03 Å². The van der Waals surface area contributed by atoms with Crippen LogP contribution in [0.2, 0.25) is 0 Å². The molecule has 1 heterocycles. The van der Waals surface area contributed by atoms with E-state index in [0.29, 0.717) is 18.7 Å². The Hall–Kier alpha value is -1.07. The SMILES string of the molecule is CC(C)C(O)C(C)(C)CNC(=O)CCSc1ccccn1. The molecule has 2 N–H and O–H groups in total. The van der Waals surface area contributed by atoms with Gasteiger partial charge >= 0.3 is 0 Å². The van der Waals surface area contributed by atoms with Crippen LogP contribution in [-0.4, -0.2) is 34.4 Å². The highest BCUT2D eigenvalue weighted by Gasteiger charge is 2.30. The predicted octanol–water partition coefficient (Wildman–Crippen LogP) is 2.72. The van der Waals surface area contributed by atoms with Crippen LogP contribution >= 0.6 is 11.8 Å². The maximum Gasteiger partial charge on any atom is 0.220 e. The molecule has 1 unspecified atom stereocenters. The van der Waals surface area contributed by atoms with Crippen LogP contribution in [0.5, 0.6) is 0 Å². The number of aliphatic hydroxyl groups is 1. The molecule has 0 saturated carbocycles. The quantitative estimate of drug-likeness (QED) is 0.725. The van der Waals surface area contributed by atoms with E-state index in [9.17, 15) is 9.90 Å². The fourth-order valence-electron chi connectivity index (χ4n) is 2.10. The van der Waals surface area contributed by atoms with E-state index in [1.165, 1.54) is 0 Å². The van der Waals surface area contributed by atoms with Gasteiger partial charge in [-0.1, -0.05) is 33.8 Å². The van der Waals surface area contributed by atoms with Gasteiger partial charge in [-0.05, 0) is 18.1 Å². The number of thioether (sulfide) groups is 1. The summed E-state index contributed by atoms with van der Waals surface area (Å²) in [6, 6.07) is 5.74. The minimum atomic E-state index is -0.430. The lowest BCUT2D eigenvalue weighted by Gasteiger charge is -2.33. The van der Waals surface area contributed by atoms with Crippen molar-refractivity contribution < 1.29 is 9.90 Å². The maximum atomic E-state index is 11.8. The molecule has 0 radical (unpaired) electrons. The second-order valence-electron chi connectivity index (χ2n) is 6.22. The summed E-state index contributed by atoms with van der Waals surface area (Å²) in [6.07, 6.45) is 1.77. The monoisotopic (exact) mass is 310 g/mol. The van der Waals surface area contributed by atoms with Crippen molar-refractivity contribution in [2.45, 2.75) is 45.2 Å². The minimum Gasteiger partial charge on any atom is -0.392 e. The molecule has 1 aromatic heterocycles. The second-order valence-corrected chi connectivity index (χ2v) is 7.34. The molecule has 4 nitrogen and oxygen atoms in total. The highest BCUT2D eigenvalue weighted by atomic mass is 32.2. The van der Waals surface area contributed by atoms with Gasteiger partial charge in [0, 0.05) is 30.3 Å². The van der Waals surface area contributed by atoms with Crippen LogP contribution in [0, 0.1) is 11.3 Å². The number of pyridine rings is 1. The molecule has 1 rings (SSSR count). The van der Waals surface area contributed by atoms with Crippen molar-refractivity contribution >= 4 is 17.7 Å². The van der Waals surface area contributed by atoms with Gasteiger partial charge in [-0.25, -0.2) is 4.98 Å². The van der Waals surface area contributed by atoms with Gasteiger partial charge < -0.3 is 10.4 Å². The van der Waals surface area contributed by atoms with Gasteiger partial charge in [-0.2, -0.15) is 0 Å². The van der Waals surface area contributed by atoms with E-state index >= 15 is 0 Å². The van der Waals surface area contributed by atoms with E-state index in [1.54, 1.807) is 18.0 Å². The molecule has 0 bridgehead atoms. The number of carbonyl (C=O) groups is 1. The lowest BCUT2D eigenvalue weighted by Crippen LogP contribution is -2.43. The average molecular weight is 310 g/mol. The molecule has 118 valence electrons. The van der Waals surface area contributed by atoms with Crippen molar-refractivity contribution in [3.8, 4) is 0 Å². The van der Waals surface area contributed by atoms with Crippen molar-refractivity contribution in [2.24, 2.45) is 11.3 Å². The van der Waals surface area contributed by atoms with Crippen LogP contribution in [-0.2, 0) is 4.79 Å². The largest absolute Gasteiger partial charge is 0.392 e. The standard InChI is InChI=1S/C16H26N2O2S/c1-12(2)15(20)16(3,4)11-18-13(19)8-10-21-14-7-5-6-9-17-14/h5-7,9,12,15,20H,8,10-11H2,1-4H3,(H,18,19). The molecule has 0 aliphatic carbocycles. The fourth-order valence-corrected chi connectivity index (χ4v) is 2.91. The van der Waals surface area contributed by atoms with E-state index in [4.69, 9.17) is 0 Å². The van der Waals surface area contributed by atoms with Crippen LogP contribution in [0.1, 0.15) is 34.1 Å². The van der Waals surface area contributed by atoms with Gasteiger partial charge in [0.25, 0.3) is 0 Å². The first-order chi connectivity index (χ1) is 9.83. The number of carbonyl (C=O) groups excluding carboxylic acids is 1. The smallest absolute Gasteiger partial charge is 0.220 e. The van der Waals surface area contributed by atoms with E-state index in [1.807, 2.05) is 45.9 Å². The molecule has 0 spiro atoms. The van der Waals surface area contributed by atoms with Gasteiger partial charge in [0.2, 0.25) is 5.91 Å². The van der Waals surface area contributed by atoms with Gasteiger partial charge in [0.1, 0.15) is 0 Å². The van der Waals surface area contributed by atoms with Crippen LogP contribution in [0.25, 0.3) is 0 Å². The topological polar surface area (TPSA) is 62.2 Å². The Bertz CT molecular complexity index is 435. The Balaban J connectivity index is 2.28. The molecular formula is C16H26N2O2S. The fraction of sp³-hybridized carbons (Fsp3) is 0.625. The normalized spacial score (nSPS) is 13.2. The van der Waals surface area contributed by atoms with E-state index in [-0.39, 0.29) is 17.2 Å². The molecule has 1 amide bonds. The molecule has 1 aromatic rings. The summed E-state index contributed by atoms with van der Waals surface area (Å²) in [4.78, 5) is 16.0. The number of nitrogens with one attached hydrogen (secondary N) is 1. The molecule has 5 heteroatoms. The van der Waals surface area contributed by atoms with E-state index < -0.39 is 6.10 Å². The number of aromatic nitrogens is 1. The van der Waals surface area contributed by atoms with Crippen molar-refractivity contribution in [1.29, 1.82) is 0 Å². The van der Waals surface area contributed by atoms with Crippen LogP contribution in [0.3, 0.4) is 0 Å². The van der Waals surface area contributed by atoms with Gasteiger partial charge in [-0.15, -0.1) is 11.8 Å². The number of nitrogens with zero attached hydrogens (tertiary/aromatic N) is 1. The van der Waals surface area contributed by atoms with Crippen molar-refractivity contribution in [2.75, 3.05) is 12.3 Å². The Morgan fingerprint density at radius 3 is 2.71 bits per heavy atom. The van der Waals surface area contributed by atoms with Crippen LogP contribution < -0.4 is 5.32 Å². The van der Waals surface area contributed by atoms with Crippen LogP contribution in [0.15, 0.2) is 29.4 Å². The Morgan fingerprint density at radius 2 is 2.14 bits per heavy atom. The second kappa shape index (κ2) is 8.39. The first kappa shape index (κ1) is 18.0. The van der Waals surface area contributed by atoms with Crippen molar-refractivity contribution in [1.82, 2.24) is 10.3 Å². The highest BCUT2D eigenvalue weighted by molar-refractivity contribution is 7.99. The molecule has 1 atom stereocenters. The summed E-state index contributed by atoms with van der Waals surface area (Å²) < 4.78 is 0. The number of hydrogen-bond donors (Lipinski definition) is 2. The zero-order valence-electron chi connectivity index (χ0n) is 13.3.